The van der Waals surface area contributed by atoms with Crippen molar-refractivity contribution in [2.45, 2.75) is 0 Å². The molecule has 15 heavy (non-hydrogen) atoms. The van der Waals surface area contributed by atoms with E-state index >= 15 is 0 Å². The number of hydrogen-bond acceptors (Lipinski definition) is 4. The Morgan fingerprint density at radius 1 is 1.40 bits per heavy atom. The molecule has 1 aliphatic heterocycles. The lowest BCUT2D eigenvalue weighted by Gasteiger charge is -2.03. The van der Waals surface area contributed by atoms with Gasteiger partial charge in [0.15, 0.2) is 5.84 Å². The SMILES string of the molecule is CN1CC(=Cc2ccccc2)C(NN)=N1. The van der Waals surface area contributed by atoms with Gasteiger partial charge in [0, 0.05) is 12.6 Å². The average molecular weight is 202 g/mol. The summed E-state index contributed by atoms with van der Waals surface area (Å²) in [4.78, 5) is 0. The number of nitrogens with two attached hydrogens (primary N) is 1. The van der Waals surface area contributed by atoms with Gasteiger partial charge in [-0.1, -0.05) is 30.3 Å². The topological polar surface area (TPSA) is 53.6 Å². The zero-order chi connectivity index (χ0) is 10.7. The highest BCUT2D eigenvalue weighted by molar-refractivity contribution is 6.03. The minimum atomic E-state index is 0.737. The van der Waals surface area contributed by atoms with Crippen LogP contribution in [0.25, 0.3) is 6.08 Å². The number of nitrogens with zero attached hydrogens (tertiary/aromatic N) is 2. The zero-order valence-corrected chi connectivity index (χ0v) is 8.64. The Bertz CT molecular complexity index is 394. The third-order valence-electron chi connectivity index (χ3n) is 2.25. The fourth-order valence-electron chi connectivity index (χ4n) is 1.58. The van der Waals surface area contributed by atoms with Gasteiger partial charge in [0.25, 0.3) is 0 Å². The summed E-state index contributed by atoms with van der Waals surface area (Å²) < 4.78 is 0. The third kappa shape index (κ3) is 2.16. The molecule has 0 saturated carbocycles. The van der Waals surface area contributed by atoms with Crippen molar-refractivity contribution in [2.24, 2.45) is 10.9 Å². The molecule has 78 valence electrons. The summed E-state index contributed by atoms with van der Waals surface area (Å²) in [7, 11) is 1.92. The zero-order valence-electron chi connectivity index (χ0n) is 8.64. The maximum Gasteiger partial charge on any atom is 0.165 e. The molecular formula is C11H14N4. The predicted molar refractivity (Wildman–Crippen MR) is 61.8 cm³/mol. The molecule has 1 aromatic rings. The van der Waals surface area contributed by atoms with Crippen LogP contribution in [0, 0.1) is 0 Å². The Hall–Kier alpha value is -1.81. The van der Waals surface area contributed by atoms with Crippen molar-refractivity contribution in [3.63, 3.8) is 0 Å². The van der Waals surface area contributed by atoms with Crippen LogP contribution in [0.15, 0.2) is 41.0 Å². The summed E-state index contributed by atoms with van der Waals surface area (Å²) in [5.74, 6) is 6.13. The van der Waals surface area contributed by atoms with Gasteiger partial charge in [0.2, 0.25) is 0 Å². The van der Waals surface area contributed by atoms with Crippen LogP contribution in [0.4, 0.5) is 0 Å². The molecule has 0 spiro atoms. The molecule has 0 amide bonds. The van der Waals surface area contributed by atoms with Crippen LogP contribution in [-0.2, 0) is 0 Å². The molecule has 4 heteroatoms. The molecule has 0 bridgehead atoms. The normalized spacial score (nSPS) is 18.1. The quantitative estimate of drug-likeness (QED) is 0.523. The van der Waals surface area contributed by atoms with Gasteiger partial charge in [0.1, 0.15) is 0 Å². The molecule has 0 atom stereocenters. The molecule has 2 rings (SSSR count). The van der Waals surface area contributed by atoms with E-state index in [1.165, 1.54) is 0 Å². The van der Waals surface area contributed by atoms with E-state index in [0.717, 1.165) is 23.5 Å². The molecule has 1 heterocycles. The number of amidine groups is 1. The summed E-state index contributed by atoms with van der Waals surface area (Å²) in [5.41, 5.74) is 4.87. The lowest BCUT2D eigenvalue weighted by Crippen LogP contribution is -2.30. The van der Waals surface area contributed by atoms with E-state index in [1.54, 1.807) is 0 Å². The summed E-state index contributed by atoms with van der Waals surface area (Å²) in [6.07, 6.45) is 2.09. The largest absolute Gasteiger partial charge is 0.307 e. The van der Waals surface area contributed by atoms with Gasteiger partial charge in [-0.2, -0.15) is 5.10 Å². The van der Waals surface area contributed by atoms with Crippen molar-refractivity contribution in [2.75, 3.05) is 13.6 Å². The minimum absolute atomic E-state index is 0.737. The van der Waals surface area contributed by atoms with Crippen LogP contribution in [0.5, 0.6) is 0 Å². The van der Waals surface area contributed by atoms with Crippen LogP contribution in [0.2, 0.25) is 0 Å². The Labute approximate surface area is 89.0 Å². The molecule has 0 fully saturated rings. The highest BCUT2D eigenvalue weighted by atomic mass is 15.5. The van der Waals surface area contributed by atoms with Crippen LogP contribution in [0.3, 0.4) is 0 Å². The average Bonchev–Trinajstić information content (AvgIpc) is 2.60. The second-order valence-corrected chi connectivity index (χ2v) is 3.49. The van der Waals surface area contributed by atoms with E-state index in [4.69, 9.17) is 5.84 Å². The lowest BCUT2D eigenvalue weighted by atomic mass is 10.1. The van der Waals surface area contributed by atoms with Gasteiger partial charge < -0.3 is 5.43 Å². The van der Waals surface area contributed by atoms with Crippen molar-refractivity contribution >= 4 is 11.9 Å². The fourth-order valence-corrected chi connectivity index (χ4v) is 1.58. The van der Waals surface area contributed by atoms with Crippen molar-refractivity contribution in [3.05, 3.63) is 41.5 Å². The Balaban J connectivity index is 2.25. The highest BCUT2D eigenvalue weighted by Crippen LogP contribution is 2.13. The molecule has 0 radical (unpaired) electrons. The molecule has 0 aliphatic carbocycles. The number of hydrogen-bond donors (Lipinski definition) is 2. The van der Waals surface area contributed by atoms with Gasteiger partial charge in [-0.25, -0.2) is 5.84 Å². The van der Waals surface area contributed by atoms with Crippen LogP contribution < -0.4 is 11.3 Å². The standard InChI is InChI=1S/C11H14N4/c1-15-8-10(11(13-12)14-15)7-9-5-3-2-4-6-9/h2-7H,8,12H2,1H3,(H,13,14). The van der Waals surface area contributed by atoms with E-state index in [0.29, 0.717) is 0 Å². The highest BCUT2D eigenvalue weighted by Gasteiger charge is 2.15. The van der Waals surface area contributed by atoms with E-state index in [2.05, 4.69) is 28.7 Å². The smallest absolute Gasteiger partial charge is 0.165 e. The number of hydrazone groups is 1. The Kier molecular flexibility index (Phi) is 2.69. The van der Waals surface area contributed by atoms with Gasteiger partial charge in [0.05, 0.1) is 6.54 Å². The van der Waals surface area contributed by atoms with Crippen molar-refractivity contribution in [1.82, 2.24) is 10.4 Å². The van der Waals surface area contributed by atoms with E-state index in [1.807, 2.05) is 30.3 Å². The van der Waals surface area contributed by atoms with Gasteiger partial charge >= 0.3 is 0 Å². The maximum atomic E-state index is 5.39. The molecule has 3 N–H and O–H groups in total. The van der Waals surface area contributed by atoms with Crippen molar-refractivity contribution in [1.29, 1.82) is 0 Å². The summed E-state index contributed by atoms with van der Waals surface area (Å²) in [6.45, 7) is 0.786. The van der Waals surface area contributed by atoms with Crippen molar-refractivity contribution in [3.8, 4) is 0 Å². The summed E-state index contributed by atoms with van der Waals surface area (Å²) >= 11 is 0. The first-order valence-corrected chi connectivity index (χ1v) is 4.82. The monoisotopic (exact) mass is 202 g/mol. The predicted octanol–water partition coefficient (Wildman–Crippen LogP) is 0.792. The van der Waals surface area contributed by atoms with E-state index in [9.17, 15) is 0 Å². The van der Waals surface area contributed by atoms with Gasteiger partial charge in [-0.3, -0.25) is 5.01 Å². The van der Waals surface area contributed by atoms with Crippen LogP contribution in [0.1, 0.15) is 5.56 Å². The number of rotatable bonds is 1. The third-order valence-corrected chi connectivity index (χ3v) is 2.25. The van der Waals surface area contributed by atoms with Crippen LogP contribution in [-0.4, -0.2) is 24.4 Å². The number of likely N-dealkylation sites (N-methyl/N-ethyl adjacent to an activating group) is 1. The second-order valence-electron chi connectivity index (χ2n) is 3.49. The second kappa shape index (κ2) is 4.14. The molecule has 4 nitrogen and oxygen atoms in total. The summed E-state index contributed by atoms with van der Waals surface area (Å²) in [5, 5.41) is 6.08. The molecule has 1 aliphatic rings. The van der Waals surface area contributed by atoms with Crippen molar-refractivity contribution < 1.29 is 0 Å². The fraction of sp³-hybridized carbons (Fsp3) is 0.182. The number of hydrazine groups is 1. The molecule has 0 aromatic heterocycles. The Morgan fingerprint density at radius 3 is 2.80 bits per heavy atom. The molecule has 1 aromatic carbocycles. The summed E-state index contributed by atoms with van der Waals surface area (Å²) in [6, 6.07) is 10.1. The van der Waals surface area contributed by atoms with Crippen LogP contribution >= 0.6 is 0 Å². The molecule has 0 unspecified atom stereocenters. The maximum absolute atomic E-state index is 5.39. The van der Waals surface area contributed by atoms with E-state index in [-0.39, 0.29) is 0 Å². The molecule has 0 saturated heterocycles. The first-order chi connectivity index (χ1) is 7.29. The minimum Gasteiger partial charge on any atom is -0.307 e. The van der Waals surface area contributed by atoms with Gasteiger partial charge in [-0.15, -0.1) is 0 Å². The first kappa shape index (κ1) is 9.73. The number of nitrogens with one attached hydrogen (secondary N) is 1. The van der Waals surface area contributed by atoms with E-state index < -0.39 is 0 Å². The first-order valence-electron chi connectivity index (χ1n) is 4.82. The Morgan fingerprint density at radius 2 is 2.13 bits per heavy atom. The molecular weight excluding hydrogens is 188 g/mol. The number of benzene rings is 1. The lowest BCUT2D eigenvalue weighted by molar-refractivity contribution is 0.409. The van der Waals surface area contributed by atoms with Gasteiger partial charge in [-0.05, 0) is 11.6 Å².